The number of nitro groups is 1. The van der Waals surface area contributed by atoms with Gasteiger partial charge in [0.2, 0.25) is 0 Å². The highest BCUT2D eigenvalue weighted by atomic mass is 16.6. The van der Waals surface area contributed by atoms with Crippen LogP contribution < -0.4 is 10.1 Å². The molecule has 0 heterocycles. The highest BCUT2D eigenvalue weighted by Gasteiger charge is 2.14. The van der Waals surface area contributed by atoms with Crippen LogP contribution in [0.25, 0.3) is 0 Å². The maximum atomic E-state index is 10.9. The van der Waals surface area contributed by atoms with E-state index in [1.165, 1.54) is 6.07 Å². The predicted octanol–water partition coefficient (Wildman–Crippen LogP) is 3.81. The van der Waals surface area contributed by atoms with Gasteiger partial charge in [-0.05, 0) is 37.2 Å². The molecule has 0 atom stereocenters. The Labute approximate surface area is 123 Å². The second kappa shape index (κ2) is 6.85. The molecule has 21 heavy (non-hydrogen) atoms. The number of nitrogens with one attached hydrogen (secondary N) is 1. The van der Waals surface area contributed by atoms with Crippen LogP contribution in [-0.2, 0) is 6.54 Å². The van der Waals surface area contributed by atoms with Crippen molar-refractivity contribution in [1.29, 1.82) is 0 Å². The van der Waals surface area contributed by atoms with Crippen LogP contribution in [0.3, 0.4) is 0 Å². The van der Waals surface area contributed by atoms with Gasteiger partial charge in [-0.15, -0.1) is 0 Å². The van der Waals surface area contributed by atoms with Gasteiger partial charge >= 0.3 is 0 Å². The third-order valence-corrected chi connectivity index (χ3v) is 3.16. The number of hydrogen-bond donors (Lipinski definition) is 1. The van der Waals surface area contributed by atoms with Crippen LogP contribution in [0.5, 0.6) is 11.5 Å². The van der Waals surface area contributed by atoms with E-state index in [0.717, 1.165) is 18.7 Å². The van der Waals surface area contributed by atoms with Crippen molar-refractivity contribution in [2.24, 2.45) is 0 Å². The lowest BCUT2D eigenvalue weighted by molar-refractivity contribution is -0.385. The molecule has 5 heteroatoms. The molecule has 0 saturated carbocycles. The van der Waals surface area contributed by atoms with E-state index in [0.29, 0.717) is 17.1 Å². The van der Waals surface area contributed by atoms with Crippen molar-refractivity contribution in [3.8, 4) is 11.5 Å². The lowest BCUT2D eigenvalue weighted by atomic mass is 10.1. The smallest absolute Gasteiger partial charge is 0.276 e. The number of ether oxygens (including phenoxy) is 1. The zero-order valence-electron chi connectivity index (χ0n) is 12.1. The number of rotatable bonds is 6. The first-order valence-electron chi connectivity index (χ1n) is 6.83. The van der Waals surface area contributed by atoms with E-state index in [2.05, 4.69) is 5.32 Å². The summed E-state index contributed by atoms with van der Waals surface area (Å²) in [4.78, 5) is 10.5. The summed E-state index contributed by atoms with van der Waals surface area (Å²) in [6.45, 7) is 5.40. The molecule has 2 aromatic rings. The molecule has 1 N–H and O–H groups in total. The monoisotopic (exact) mass is 286 g/mol. The summed E-state index contributed by atoms with van der Waals surface area (Å²) in [6, 6.07) is 12.5. The van der Waals surface area contributed by atoms with Crippen molar-refractivity contribution in [2.45, 2.75) is 20.4 Å². The first-order valence-corrected chi connectivity index (χ1v) is 6.83. The van der Waals surface area contributed by atoms with E-state index < -0.39 is 4.92 Å². The van der Waals surface area contributed by atoms with E-state index in [1.807, 2.05) is 31.2 Å². The minimum absolute atomic E-state index is 0.0660. The SMILES string of the molecule is CCNCc1cccc(Oc2cccc([N+](=O)[O-])c2C)c1. The van der Waals surface area contributed by atoms with Gasteiger partial charge in [-0.2, -0.15) is 0 Å². The van der Waals surface area contributed by atoms with E-state index in [9.17, 15) is 10.1 Å². The fourth-order valence-electron chi connectivity index (χ4n) is 2.03. The van der Waals surface area contributed by atoms with Gasteiger partial charge < -0.3 is 10.1 Å². The van der Waals surface area contributed by atoms with Crippen molar-refractivity contribution < 1.29 is 9.66 Å². The fourth-order valence-corrected chi connectivity index (χ4v) is 2.03. The number of nitro benzene ring substituents is 1. The lowest BCUT2D eigenvalue weighted by Gasteiger charge is -2.10. The van der Waals surface area contributed by atoms with Gasteiger partial charge in [0, 0.05) is 12.6 Å². The average molecular weight is 286 g/mol. The van der Waals surface area contributed by atoms with Crippen LogP contribution in [0.1, 0.15) is 18.1 Å². The summed E-state index contributed by atoms with van der Waals surface area (Å²) in [5.41, 5.74) is 1.70. The lowest BCUT2D eigenvalue weighted by Crippen LogP contribution is -2.11. The third kappa shape index (κ3) is 3.79. The first-order chi connectivity index (χ1) is 10.1. The standard InChI is InChI=1S/C16H18N2O3/c1-3-17-11-13-6-4-7-14(10-13)21-16-9-5-8-15(12(16)2)18(19)20/h4-10,17H,3,11H2,1-2H3. The molecule has 0 unspecified atom stereocenters. The van der Waals surface area contributed by atoms with Gasteiger partial charge in [0.15, 0.2) is 0 Å². The number of hydrogen-bond acceptors (Lipinski definition) is 4. The van der Waals surface area contributed by atoms with Crippen LogP contribution >= 0.6 is 0 Å². The number of benzene rings is 2. The summed E-state index contributed by atoms with van der Waals surface area (Å²) in [5, 5.41) is 14.2. The highest BCUT2D eigenvalue weighted by molar-refractivity contribution is 5.50. The summed E-state index contributed by atoms with van der Waals surface area (Å²) >= 11 is 0. The minimum atomic E-state index is -0.399. The molecule has 0 radical (unpaired) electrons. The summed E-state index contributed by atoms with van der Waals surface area (Å²) in [5.74, 6) is 1.18. The Kier molecular flexibility index (Phi) is 4.90. The van der Waals surface area contributed by atoms with Crippen molar-refractivity contribution in [1.82, 2.24) is 5.32 Å². The highest BCUT2D eigenvalue weighted by Crippen LogP contribution is 2.31. The number of nitrogens with zero attached hydrogens (tertiary/aromatic N) is 1. The van der Waals surface area contributed by atoms with Crippen molar-refractivity contribution >= 4 is 5.69 Å². The molecule has 2 rings (SSSR count). The van der Waals surface area contributed by atoms with Gasteiger partial charge in [0.05, 0.1) is 10.5 Å². The fraction of sp³-hybridized carbons (Fsp3) is 0.250. The molecule has 2 aromatic carbocycles. The Hall–Kier alpha value is -2.40. The Morgan fingerprint density at radius 2 is 2.00 bits per heavy atom. The van der Waals surface area contributed by atoms with Crippen molar-refractivity contribution in [3.05, 3.63) is 63.7 Å². The van der Waals surface area contributed by atoms with E-state index in [-0.39, 0.29) is 5.69 Å². The van der Waals surface area contributed by atoms with Gasteiger partial charge in [-0.1, -0.05) is 25.1 Å². The Balaban J connectivity index is 2.22. The molecule has 0 aliphatic rings. The van der Waals surface area contributed by atoms with Gasteiger partial charge in [-0.3, -0.25) is 10.1 Å². The second-order valence-corrected chi connectivity index (χ2v) is 4.69. The largest absolute Gasteiger partial charge is 0.457 e. The van der Waals surface area contributed by atoms with Crippen LogP contribution in [0.2, 0.25) is 0 Å². The van der Waals surface area contributed by atoms with Gasteiger partial charge in [-0.25, -0.2) is 0 Å². The predicted molar refractivity (Wildman–Crippen MR) is 81.7 cm³/mol. The molecule has 5 nitrogen and oxygen atoms in total. The Bertz CT molecular complexity index is 641. The summed E-state index contributed by atoms with van der Waals surface area (Å²) < 4.78 is 5.79. The molecule has 0 amide bonds. The average Bonchev–Trinajstić information content (AvgIpc) is 2.47. The molecule has 0 saturated heterocycles. The zero-order chi connectivity index (χ0) is 15.2. The third-order valence-electron chi connectivity index (χ3n) is 3.16. The molecule has 0 spiro atoms. The molecule has 0 fully saturated rings. The van der Waals surface area contributed by atoms with Gasteiger partial charge in [0.25, 0.3) is 5.69 Å². The van der Waals surface area contributed by atoms with Crippen LogP contribution in [0, 0.1) is 17.0 Å². The molecular weight excluding hydrogens is 268 g/mol. The molecule has 0 aromatic heterocycles. The molecule has 0 aliphatic heterocycles. The van der Waals surface area contributed by atoms with Crippen molar-refractivity contribution in [2.75, 3.05) is 6.54 Å². The quantitative estimate of drug-likeness (QED) is 0.648. The van der Waals surface area contributed by atoms with Crippen molar-refractivity contribution in [3.63, 3.8) is 0 Å². The summed E-state index contributed by atoms with van der Waals surface area (Å²) in [7, 11) is 0. The maximum absolute atomic E-state index is 10.9. The topological polar surface area (TPSA) is 64.4 Å². The Morgan fingerprint density at radius 3 is 2.71 bits per heavy atom. The van der Waals surface area contributed by atoms with E-state index >= 15 is 0 Å². The van der Waals surface area contributed by atoms with E-state index in [4.69, 9.17) is 4.74 Å². The van der Waals surface area contributed by atoms with Crippen LogP contribution in [0.4, 0.5) is 5.69 Å². The van der Waals surface area contributed by atoms with Gasteiger partial charge in [0.1, 0.15) is 11.5 Å². The minimum Gasteiger partial charge on any atom is -0.457 e. The maximum Gasteiger partial charge on any atom is 0.276 e. The molecule has 110 valence electrons. The zero-order valence-corrected chi connectivity index (χ0v) is 12.1. The second-order valence-electron chi connectivity index (χ2n) is 4.69. The Morgan fingerprint density at radius 1 is 1.24 bits per heavy atom. The normalized spacial score (nSPS) is 10.4. The first kappa shape index (κ1) is 15.0. The molecule has 0 bridgehead atoms. The van der Waals surface area contributed by atoms with Crippen LogP contribution in [0.15, 0.2) is 42.5 Å². The van der Waals surface area contributed by atoms with E-state index in [1.54, 1.807) is 19.1 Å². The van der Waals surface area contributed by atoms with Crippen LogP contribution in [-0.4, -0.2) is 11.5 Å². The molecular formula is C16H18N2O3. The molecule has 0 aliphatic carbocycles. The summed E-state index contributed by atoms with van der Waals surface area (Å²) in [6.07, 6.45) is 0.